The molecule has 0 radical (unpaired) electrons. The normalized spacial score (nSPS) is 15.8. The molecule has 0 bridgehead atoms. The Hall–Kier alpha value is -0.150. The van der Waals surface area contributed by atoms with Crippen LogP contribution in [0.25, 0.3) is 0 Å². The Kier molecular flexibility index (Phi) is 5.81. The number of hydrogen-bond donors (Lipinski definition) is 0. The summed E-state index contributed by atoms with van der Waals surface area (Å²) in [5.74, 6) is 0. The van der Waals surface area contributed by atoms with E-state index in [1.165, 1.54) is 19.2 Å². The van der Waals surface area contributed by atoms with Crippen LogP contribution in [0.3, 0.4) is 0 Å². The highest BCUT2D eigenvalue weighted by molar-refractivity contribution is 14.1. The lowest BCUT2D eigenvalue weighted by Crippen LogP contribution is -2.39. The van der Waals surface area contributed by atoms with E-state index in [1.807, 2.05) is 22.6 Å². The Morgan fingerprint density at radius 3 is 2.05 bits per heavy atom. The number of halogens is 4. The lowest BCUT2D eigenvalue weighted by atomic mass is 10.1. The van der Waals surface area contributed by atoms with Crippen LogP contribution in [-0.2, 0) is 11.0 Å². The standard InChI is InChI=1S/C12H15F3INOS/c1-8(2)19(18)17(3)11(12(13,14)15)9-4-6-10(16)7-5-9/h4-8,11H,1-3H3/t11-,19+/m1/s1. The summed E-state index contributed by atoms with van der Waals surface area (Å²) in [5, 5.41) is -0.362. The largest absolute Gasteiger partial charge is 0.409 e. The maximum atomic E-state index is 13.2. The minimum Gasteiger partial charge on any atom is -0.242 e. The van der Waals surface area contributed by atoms with Crippen LogP contribution in [0.4, 0.5) is 13.2 Å². The molecule has 2 atom stereocenters. The maximum Gasteiger partial charge on any atom is 0.409 e. The fourth-order valence-electron chi connectivity index (χ4n) is 1.69. The second-order valence-electron chi connectivity index (χ2n) is 4.37. The molecule has 0 spiro atoms. The summed E-state index contributed by atoms with van der Waals surface area (Å²) in [6.07, 6.45) is -4.47. The molecule has 0 aromatic heterocycles. The predicted octanol–water partition coefficient (Wildman–Crippen LogP) is 3.90. The van der Waals surface area contributed by atoms with Gasteiger partial charge in [0.1, 0.15) is 6.04 Å². The van der Waals surface area contributed by atoms with Crippen molar-refractivity contribution in [3.63, 3.8) is 0 Å². The number of alkyl halides is 3. The molecule has 7 heteroatoms. The Morgan fingerprint density at radius 1 is 1.21 bits per heavy atom. The van der Waals surface area contributed by atoms with E-state index in [2.05, 4.69) is 0 Å². The number of benzene rings is 1. The quantitative estimate of drug-likeness (QED) is 0.696. The van der Waals surface area contributed by atoms with E-state index in [4.69, 9.17) is 0 Å². The summed E-state index contributed by atoms with van der Waals surface area (Å²) in [4.78, 5) is 0. The average molecular weight is 405 g/mol. The summed E-state index contributed by atoms with van der Waals surface area (Å²) < 4.78 is 53.3. The van der Waals surface area contributed by atoms with Crippen molar-refractivity contribution in [3.8, 4) is 0 Å². The molecule has 1 rings (SSSR count). The molecule has 0 saturated heterocycles. The van der Waals surface area contributed by atoms with E-state index in [9.17, 15) is 17.4 Å². The summed E-state index contributed by atoms with van der Waals surface area (Å²) >= 11 is 2.03. The molecule has 0 N–H and O–H groups in total. The van der Waals surface area contributed by atoms with Gasteiger partial charge in [0.05, 0.1) is 11.0 Å². The van der Waals surface area contributed by atoms with Crippen molar-refractivity contribution in [1.29, 1.82) is 0 Å². The molecule has 19 heavy (non-hydrogen) atoms. The van der Waals surface area contributed by atoms with Crippen LogP contribution in [0, 0.1) is 3.57 Å². The van der Waals surface area contributed by atoms with Crippen molar-refractivity contribution in [2.45, 2.75) is 31.3 Å². The fourth-order valence-corrected chi connectivity index (χ4v) is 3.16. The molecule has 1 aromatic carbocycles. The third-order valence-electron chi connectivity index (χ3n) is 2.55. The van der Waals surface area contributed by atoms with Crippen molar-refractivity contribution in [1.82, 2.24) is 4.31 Å². The van der Waals surface area contributed by atoms with Crippen LogP contribution < -0.4 is 0 Å². The molecule has 0 aliphatic heterocycles. The minimum absolute atomic E-state index is 0.101. The number of rotatable bonds is 4. The lowest BCUT2D eigenvalue weighted by molar-refractivity contribution is -0.170. The predicted molar refractivity (Wildman–Crippen MR) is 79.0 cm³/mol. The second kappa shape index (κ2) is 6.53. The molecule has 2 nitrogen and oxygen atoms in total. The van der Waals surface area contributed by atoms with E-state index >= 15 is 0 Å². The van der Waals surface area contributed by atoms with Gasteiger partial charge in [0.15, 0.2) is 0 Å². The van der Waals surface area contributed by atoms with Crippen LogP contribution in [0.2, 0.25) is 0 Å². The zero-order valence-corrected chi connectivity index (χ0v) is 13.7. The summed E-state index contributed by atoms with van der Waals surface area (Å²) in [5.41, 5.74) is 0.101. The highest BCUT2D eigenvalue weighted by Gasteiger charge is 2.45. The molecule has 0 aliphatic rings. The molecule has 0 amide bonds. The molecule has 0 saturated carbocycles. The summed E-state index contributed by atoms with van der Waals surface area (Å²) in [7, 11) is -0.445. The van der Waals surface area contributed by atoms with Gasteiger partial charge < -0.3 is 0 Å². The van der Waals surface area contributed by atoms with Gasteiger partial charge in [-0.15, -0.1) is 0 Å². The molecular weight excluding hydrogens is 390 g/mol. The van der Waals surface area contributed by atoms with Gasteiger partial charge >= 0.3 is 6.18 Å². The van der Waals surface area contributed by atoms with E-state index in [-0.39, 0.29) is 10.8 Å². The Bertz CT molecular complexity index is 447. The first-order chi connectivity index (χ1) is 8.64. The van der Waals surface area contributed by atoms with Crippen molar-refractivity contribution in [2.75, 3.05) is 7.05 Å². The van der Waals surface area contributed by atoms with Gasteiger partial charge in [-0.1, -0.05) is 12.1 Å². The van der Waals surface area contributed by atoms with Gasteiger partial charge in [-0.05, 0) is 54.1 Å². The van der Waals surface area contributed by atoms with Gasteiger partial charge in [0.25, 0.3) is 0 Å². The Labute approximate surface area is 127 Å². The van der Waals surface area contributed by atoms with E-state index in [0.29, 0.717) is 0 Å². The van der Waals surface area contributed by atoms with E-state index < -0.39 is 23.2 Å². The Balaban J connectivity index is 3.16. The first-order valence-corrected chi connectivity index (χ1v) is 7.85. The van der Waals surface area contributed by atoms with E-state index in [1.54, 1.807) is 26.0 Å². The molecule has 0 heterocycles. The minimum atomic E-state index is -4.47. The average Bonchev–Trinajstić information content (AvgIpc) is 2.29. The number of hydrogen-bond acceptors (Lipinski definition) is 1. The van der Waals surface area contributed by atoms with E-state index in [0.717, 1.165) is 7.88 Å². The molecule has 1 aromatic rings. The third kappa shape index (κ3) is 4.42. The third-order valence-corrected chi connectivity index (χ3v) is 4.85. The van der Waals surface area contributed by atoms with Gasteiger partial charge in [-0.3, -0.25) is 0 Å². The summed E-state index contributed by atoms with van der Waals surface area (Å²) in [6.45, 7) is 3.27. The second-order valence-corrected chi connectivity index (χ2v) is 7.68. The summed E-state index contributed by atoms with van der Waals surface area (Å²) in [6, 6.07) is 4.22. The highest BCUT2D eigenvalue weighted by Crippen LogP contribution is 2.38. The van der Waals surface area contributed by atoms with Gasteiger partial charge in [-0.25, -0.2) is 8.51 Å². The molecule has 0 fully saturated rings. The zero-order chi connectivity index (χ0) is 14.8. The first kappa shape index (κ1) is 16.9. The van der Waals surface area contributed by atoms with Crippen molar-refractivity contribution in [2.24, 2.45) is 0 Å². The van der Waals surface area contributed by atoms with Crippen LogP contribution in [0.15, 0.2) is 24.3 Å². The van der Waals surface area contributed by atoms with Crippen LogP contribution in [0.1, 0.15) is 25.5 Å². The van der Waals surface area contributed by atoms with Crippen molar-refractivity contribution >= 4 is 33.6 Å². The van der Waals surface area contributed by atoms with Crippen LogP contribution in [0.5, 0.6) is 0 Å². The first-order valence-electron chi connectivity index (χ1n) is 5.60. The van der Waals surface area contributed by atoms with Crippen LogP contribution in [-0.4, -0.2) is 27.0 Å². The van der Waals surface area contributed by atoms with Crippen LogP contribution >= 0.6 is 22.6 Å². The Morgan fingerprint density at radius 2 is 1.68 bits per heavy atom. The molecule has 0 aliphatic carbocycles. The highest BCUT2D eigenvalue weighted by atomic mass is 127. The smallest absolute Gasteiger partial charge is 0.242 e. The SMILES string of the molecule is CC(C)[S@](=O)N(C)[C@H](c1ccc(I)cc1)C(F)(F)F. The van der Waals surface area contributed by atoms with Crippen molar-refractivity contribution in [3.05, 3.63) is 33.4 Å². The fraction of sp³-hybridized carbons (Fsp3) is 0.500. The van der Waals surface area contributed by atoms with Gasteiger partial charge in [0, 0.05) is 15.9 Å². The molecule has 108 valence electrons. The lowest BCUT2D eigenvalue weighted by Gasteiger charge is -2.30. The van der Waals surface area contributed by atoms with Gasteiger partial charge in [0.2, 0.25) is 0 Å². The van der Waals surface area contributed by atoms with Gasteiger partial charge in [-0.2, -0.15) is 13.2 Å². The zero-order valence-electron chi connectivity index (χ0n) is 10.7. The molecule has 0 unspecified atom stereocenters. The molecular formula is C12H15F3INOS. The number of nitrogens with zero attached hydrogens (tertiary/aromatic N) is 1. The topological polar surface area (TPSA) is 20.3 Å². The van der Waals surface area contributed by atoms with Crippen molar-refractivity contribution < 1.29 is 17.4 Å². The maximum absolute atomic E-state index is 13.2. The monoisotopic (exact) mass is 405 g/mol.